The van der Waals surface area contributed by atoms with Gasteiger partial charge in [-0.1, -0.05) is 30.7 Å². The summed E-state index contributed by atoms with van der Waals surface area (Å²) in [5, 5.41) is 3.06. The smallest absolute Gasteiger partial charge is 0.308 e. The van der Waals surface area contributed by atoms with Gasteiger partial charge in [0, 0.05) is 12.0 Å². The van der Waals surface area contributed by atoms with Crippen LogP contribution in [0.15, 0.2) is 24.3 Å². The van der Waals surface area contributed by atoms with Gasteiger partial charge in [-0.05, 0) is 44.2 Å². The Balaban J connectivity index is 2.11. The van der Waals surface area contributed by atoms with E-state index in [0.29, 0.717) is 13.0 Å². The van der Waals surface area contributed by atoms with Crippen LogP contribution < -0.4 is 11.1 Å². The second-order valence-electron chi connectivity index (χ2n) is 6.55. The van der Waals surface area contributed by atoms with Gasteiger partial charge in [-0.3, -0.25) is 9.59 Å². The highest BCUT2D eigenvalue weighted by molar-refractivity contribution is 5.80. The molecule has 1 aromatic carbocycles. The van der Waals surface area contributed by atoms with Gasteiger partial charge in [-0.25, -0.2) is 0 Å². The fraction of sp³-hybridized carbons (Fsp3) is 0.579. The third-order valence-electron chi connectivity index (χ3n) is 4.64. The number of hydrogen-bond acceptors (Lipinski definition) is 4. The second kappa shape index (κ2) is 8.83. The first kappa shape index (κ1) is 18.5. The average molecular weight is 332 g/mol. The third kappa shape index (κ3) is 5.06. The predicted molar refractivity (Wildman–Crippen MR) is 93.2 cm³/mol. The van der Waals surface area contributed by atoms with Crippen LogP contribution >= 0.6 is 0 Å². The molecule has 3 atom stereocenters. The molecule has 1 fully saturated rings. The van der Waals surface area contributed by atoms with Crippen molar-refractivity contribution in [3.05, 3.63) is 35.4 Å². The summed E-state index contributed by atoms with van der Waals surface area (Å²) in [6, 6.07) is 7.53. The molecular weight excluding hydrogens is 304 g/mol. The van der Waals surface area contributed by atoms with Crippen LogP contribution in [0.5, 0.6) is 0 Å². The zero-order valence-corrected chi connectivity index (χ0v) is 14.6. The highest BCUT2D eigenvalue weighted by Crippen LogP contribution is 2.26. The Morgan fingerprint density at radius 1 is 1.33 bits per heavy atom. The quantitative estimate of drug-likeness (QED) is 0.785. The predicted octanol–water partition coefficient (Wildman–Crippen LogP) is 2.62. The first-order chi connectivity index (χ1) is 11.5. The topological polar surface area (TPSA) is 81.4 Å². The summed E-state index contributed by atoms with van der Waals surface area (Å²) >= 11 is 0. The lowest BCUT2D eigenvalue weighted by Crippen LogP contribution is -2.40. The summed E-state index contributed by atoms with van der Waals surface area (Å²) in [5.74, 6) is -0.378. The normalized spacial score (nSPS) is 21.8. The molecule has 5 heteroatoms. The van der Waals surface area contributed by atoms with Crippen molar-refractivity contribution < 1.29 is 14.3 Å². The number of esters is 1. The Morgan fingerprint density at radius 2 is 2.08 bits per heavy atom. The van der Waals surface area contributed by atoms with Gasteiger partial charge in [0.15, 0.2) is 0 Å². The molecule has 3 N–H and O–H groups in total. The molecular formula is C19H28N2O3. The van der Waals surface area contributed by atoms with E-state index in [2.05, 4.69) is 5.32 Å². The summed E-state index contributed by atoms with van der Waals surface area (Å²) < 4.78 is 5.07. The van der Waals surface area contributed by atoms with Crippen LogP contribution in [-0.4, -0.2) is 24.5 Å². The largest absolute Gasteiger partial charge is 0.466 e. The molecule has 2 rings (SSSR count). The minimum absolute atomic E-state index is 0.0114. The number of aryl methyl sites for hydroxylation is 1. The van der Waals surface area contributed by atoms with E-state index < -0.39 is 0 Å². The van der Waals surface area contributed by atoms with E-state index in [9.17, 15) is 9.59 Å². The van der Waals surface area contributed by atoms with Crippen LogP contribution in [0.3, 0.4) is 0 Å². The molecule has 0 spiro atoms. The molecule has 3 unspecified atom stereocenters. The van der Waals surface area contributed by atoms with Crippen LogP contribution in [0.25, 0.3) is 0 Å². The van der Waals surface area contributed by atoms with Gasteiger partial charge in [-0.15, -0.1) is 0 Å². The van der Waals surface area contributed by atoms with Crippen molar-refractivity contribution in [1.29, 1.82) is 0 Å². The molecule has 1 aromatic rings. The number of rotatable bonds is 6. The third-order valence-corrected chi connectivity index (χ3v) is 4.64. The van der Waals surface area contributed by atoms with Crippen LogP contribution in [0, 0.1) is 12.8 Å². The van der Waals surface area contributed by atoms with Crippen molar-refractivity contribution in [2.45, 2.75) is 58.0 Å². The summed E-state index contributed by atoms with van der Waals surface area (Å²) in [7, 11) is 0. The van der Waals surface area contributed by atoms with Crippen molar-refractivity contribution in [3.63, 3.8) is 0 Å². The first-order valence-corrected chi connectivity index (χ1v) is 8.78. The molecule has 0 aromatic heterocycles. The molecule has 24 heavy (non-hydrogen) atoms. The Bertz CT molecular complexity index is 573. The van der Waals surface area contributed by atoms with Crippen molar-refractivity contribution in [3.8, 4) is 0 Å². The number of benzene rings is 1. The Morgan fingerprint density at radius 3 is 2.75 bits per heavy atom. The van der Waals surface area contributed by atoms with Gasteiger partial charge < -0.3 is 15.8 Å². The number of ether oxygens (including phenoxy) is 1. The fourth-order valence-corrected chi connectivity index (χ4v) is 3.36. The van der Waals surface area contributed by atoms with Crippen LogP contribution in [0.4, 0.5) is 0 Å². The summed E-state index contributed by atoms with van der Waals surface area (Å²) in [6.07, 6.45) is 3.67. The highest BCUT2D eigenvalue weighted by Gasteiger charge is 2.28. The second-order valence-corrected chi connectivity index (χ2v) is 6.55. The molecule has 0 aliphatic heterocycles. The Kier molecular flexibility index (Phi) is 6.79. The van der Waals surface area contributed by atoms with Crippen LogP contribution in [-0.2, 0) is 14.3 Å². The molecule has 1 aliphatic carbocycles. The highest BCUT2D eigenvalue weighted by atomic mass is 16.5. The van der Waals surface area contributed by atoms with Gasteiger partial charge in [0.2, 0.25) is 5.91 Å². The lowest BCUT2D eigenvalue weighted by Gasteiger charge is -2.28. The lowest BCUT2D eigenvalue weighted by atomic mass is 9.85. The number of amides is 1. The molecule has 0 saturated heterocycles. The lowest BCUT2D eigenvalue weighted by molar-refractivity contribution is -0.144. The standard InChI is InChI=1S/C19H28N2O3/c1-3-24-18(22)12-17(16-10-5-4-7-13(16)2)21-19(23)14-8-6-9-15(20)11-14/h4-5,7,10,14-15,17H,3,6,8-9,11-12,20H2,1-2H3,(H,21,23). The molecule has 5 nitrogen and oxygen atoms in total. The van der Waals surface area contributed by atoms with E-state index in [1.807, 2.05) is 31.2 Å². The number of nitrogens with two attached hydrogens (primary N) is 1. The Labute approximate surface area is 143 Å². The van der Waals surface area contributed by atoms with E-state index in [0.717, 1.165) is 30.4 Å². The maximum absolute atomic E-state index is 12.7. The Hall–Kier alpha value is -1.88. The van der Waals surface area contributed by atoms with Crippen molar-refractivity contribution in [2.75, 3.05) is 6.61 Å². The summed E-state index contributed by atoms with van der Waals surface area (Å²) in [6.45, 7) is 4.10. The monoisotopic (exact) mass is 332 g/mol. The fourth-order valence-electron chi connectivity index (χ4n) is 3.36. The average Bonchev–Trinajstić information content (AvgIpc) is 2.55. The number of hydrogen-bond donors (Lipinski definition) is 2. The minimum Gasteiger partial charge on any atom is -0.466 e. The molecule has 1 aliphatic rings. The van der Waals surface area contributed by atoms with Crippen molar-refractivity contribution >= 4 is 11.9 Å². The SMILES string of the molecule is CCOC(=O)CC(NC(=O)C1CCCC(N)C1)c1ccccc1C. The van der Waals surface area contributed by atoms with E-state index >= 15 is 0 Å². The van der Waals surface area contributed by atoms with Gasteiger partial charge in [0.25, 0.3) is 0 Å². The summed E-state index contributed by atoms with van der Waals surface area (Å²) in [4.78, 5) is 24.6. The van der Waals surface area contributed by atoms with E-state index in [-0.39, 0.29) is 36.3 Å². The zero-order chi connectivity index (χ0) is 17.5. The maximum atomic E-state index is 12.7. The van der Waals surface area contributed by atoms with E-state index in [1.54, 1.807) is 6.92 Å². The first-order valence-electron chi connectivity index (χ1n) is 8.78. The summed E-state index contributed by atoms with van der Waals surface area (Å²) in [5.41, 5.74) is 8.00. The molecule has 132 valence electrons. The van der Waals surface area contributed by atoms with E-state index in [1.165, 1.54) is 0 Å². The maximum Gasteiger partial charge on any atom is 0.308 e. The van der Waals surface area contributed by atoms with Gasteiger partial charge in [0.1, 0.15) is 0 Å². The minimum atomic E-state index is -0.365. The van der Waals surface area contributed by atoms with Gasteiger partial charge >= 0.3 is 5.97 Å². The molecule has 0 heterocycles. The van der Waals surface area contributed by atoms with Gasteiger partial charge in [-0.2, -0.15) is 0 Å². The number of nitrogens with one attached hydrogen (secondary N) is 1. The molecule has 1 amide bonds. The number of carbonyl (C=O) groups is 2. The molecule has 1 saturated carbocycles. The van der Waals surface area contributed by atoms with Crippen LogP contribution in [0.1, 0.15) is 56.2 Å². The van der Waals surface area contributed by atoms with Crippen molar-refractivity contribution in [1.82, 2.24) is 5.32 Å². The zero-order valence-electron chi connectivity index (χ0n) is 14.6. The van der Waals surface area contributed by atoms with E-state index in [4.69, 9.17) is 10.5 Å². The molecule has 0 bridgehead atoms. The number of carbonyl (C=O) groups excluding carboxylic acids is 2. The molecule has 0 radical (unpaired) electrons. The van der Waals surface area contributed by atoms with Gasteiger partial charge in [0.05, 0.1) is 19.1 Å². The van der Waals surface area contributed by atoms with Crippen molar-refractivity contribution in [2.24, 2.45) is 11.7 Å². The van der Waals surface area contributed by atoms with Crippen LogP contribution in [0.2, 0.25) is 0 Å².